The van der Waals surface area contributed by atoms with Gasteiger partial charge in [0.15, 0.2) is 0 Å². The number of sulfonamides is 1. The summed E-state index contributed by atoms with van der Waals surface area (Å²) in [5.41, 5.74) is 0.961. The molecule has 0 bridgehead atoms. The molecule has 1 fully saturated rings. The van der Waals surface area contributed by atoms with Crippen molar-refractivity contribution in [1.82, 2.24) is 9.62 Å². The summed E-state index contributed by atoms with van der Waals surface area (Å²) in [6.07, 6.45) is 2.60. The van der Waals surface area contributed by atoms with Crippen LogP contribution in [-0.2, 0) is 26.1 Å². The first kappa shape index (κ1) is 19.7. The predicted octanol–water partition coefficient (Wildman–Crippen LogP) is 1.000. The largest absolute Gasteiger partial charge is 0.491 e. The van der Waals surface area contributed by atoms with E-state index in [4.69, 9.17) is 9.47 Å². The van der Waals surface area contributed by atoms with Crippen LogP contribution >= 0.6 is 0 Å². The number of nitrogens with one attached hydrogen (secondary N) is 1. The van der Waals surface area contributed by atoms with Gasteiger partial charge in [0.25, 0.3) is 0 Å². The van der Waals surface area contributed by atoms with Crippen molar-refractivity contribution in [2.75, 3.05) is 39.7 Å². The van der Waals surface area contributed by atoms with E-state index in [1.54, 1.807) is 7.11 Å². The Morgan fingerprint density at radius 2 is 2.00 bits per heavy atom. The van der Waals surface area contributed by atoms with Crippen LogP contribution in [0.2, 0.25) is 0 Å². The number of rotatable bonds is 8. The summed E-state index contributed by atoms with van der Waals surface area (Å²) in [5, 5.41) is 2.89. The second-order valence-electron chi connectivity index (χ2n) is 6.16. The Morgan fingerprint density at radius 1 is 1.28 bits per heavy atom. The van der Waals surface area contributed by atoms with Crippen molar-refractivity contribution >= 4 is 15.9 Å². The number of carbonyl (C=O) groups is 1. The Balaban J connectivity index is 1.81. The van der Waals surface area contributed by atoms with Crippen LogP contribution < -0.4 is 10.1 Å². The fourth-order valence-corrected chi connectivity index (χ4v) is 3.65. The first-order valence-electron chi connectivity index (χ1n) is 8.33. The summed E-state index contributed by atoms with van der Waals surface area (Å²) < 4.78 is 35.1. The van der Waals surface area contributed by atoms with Crippen molar-refractivity contribution in [1.29, 1.82) is 0 Å². The van der Waals surface area contributed by atoms with Crippen LogP contribution in [0.4, 0.5) is 0 Å². The predicted molar refractivity (Wildman–Crippen MR) is 94.8 cm³/mol. The van der Waals surface area contributed by atoms with Gasteiger partial charge in [-0.15, -0.1) is 0 Å². The van der Waals surface area contributed by atoms with Gasteiger partial charge in [0.05, 0.1) is 18.8 Å². The van der Waals surface area contributed by atoms with Crippen molar-refractivity contribution in [3.63, 3.8) is 0 Å². The average Bonchev–Trinajstić information content (AvgIpc) is 2.60. The lowest BCUT2D eigenvalue weighted by atomic mass is 9.99. The van der Waals surface area contributed by atoms with Crippen molar-refractivity contribution in [3.05, 3.63) is 29.8 Å². The Bertz CT molecular complexity index is 660. The molecule has 0 radical (unpaired) electrons. The molecule has 1 amide bonds. The fraction of sp³-hybridized carbons (Fsp3) is 0.588. The highest BCUT2D eigenvalue weighted by atomic mass is 32.2. The number of hydrogen-bond acceptors (Lipinski definition) is 5. The number of nitrogens with zero attached hydrogens (tertiary/aromatic N) is 1. The maximum Gasteiger partial charge on any atom is 0.224 e. The Hall–Kier alpha value is -1.64. The van der Waals surface area contributed by atoms with Crippen LogP contribution in [0.25, 0.3) is 0 Å². The monoisotopic (exact) mass is 370 g/mol. The average molecular weight is 370 g/mol. The van der Waals surface area contributed by atoms with Gasteiger partial charge in [-0.3, -0.25) is 4.79 Å². The van der Waals surface area contributed by atoms with E-state index in [0.29, 0.717) is 39.1 Å². The normalized spacial score (nSPS) is 18.7. The van der Waals surface area contributed by atoms with Crippen LogP contribution in [0.3, 0.4) is 0 Å². The molecule has 0 spiro atoms. The highest BCUT2D eigenvalue weighted by molar-refractivity contribution is 7.88. The number of carbonyl (C=O) groups excluding carboxylic acids is 1. The molecule has 8 heteroatoms. The van der Waals surface area contributed by atoms with Crippen molar-refractivity contribution in [2.45, 2.75) is 19.4 Å². The van der Waals surface area contributed by atoms with Gasteiger partial charge in [0.2, 0.25) is 15.9 Å². The quantitative estimate of drug-likeness (QED) is 0.690. The highest BCUT2D eigenvalue weighted by Gasteiger charge is 2.29. The van der Waals surface area contributed by atoms with E-state index in [1.165, 1.54) is 10.6 Å². The van der Waals surface area contributed by atoms with E-state index in [0.717, 1.165) is 11.3 Å². The van der Waals surface area contributed by atoms with Gasteiger partial charge in [-0.1, -0.05) is 12.1 Å². The summed E-state index contributed by atoms with van der Waals surface area (Å²) in [6.45, 7) is 2.19. The van der Waals surface area contributed by atoms with Gasteiger partial charge in [-0.25, -0.2) is 12.7 Å². The third-order valence-electron chi connectivity index (χ3n) is 4.17. The smallest absolute Gasteiger partial charge is 0.224 e. The molecule has 1 aliphatic heterocycles. The van der Waals surface area contributed by atoms with E-state index in [2.05, 4.69) is 5.32 Å². The van der Waals surface area contributed by atoms with Gasteiger partial charge in [0, 0.05) is 26.7 Å². The van der Waals surface area contributed by atoms with Crippen molar-refractivity contribution in [2.24, 2.45) is 5.92 Å². The fourth-order valence-electron chi connectivity index (χ4n) is 2.74. The van der Waals surface area contributed by atoms with Crippen molar-refractivity contribution in [3.8, 4) is 5.75 Å². The van der Waals surface area contributed by atoms with Gasteiger partial charge in [-0.05, 0) is 30.5 Å². The molecule has 1 saturated heterocycles. The molecule has 140 valence electrons. The molecule has 1 aromatic carbocycles. The number of piperidine rings is 1. The SMILES string of the molecule is COCCOc1ccc(CNC(=O)C2CCCN(S(C)(=O)=O)C2)cc1. The number of benzene rings is 1. The molecule has 1 heterocycles. The summed E-state index contributed by atoms with van der Waals surface area (Å²) in [5.74, 6) is 0.358. The second kappa shape index (κ2) is 9.17. The molecule has 25 heavy (non-hydrogen) atoms. The van der Waals surface area contributed by atoms with Crippen LogP contribution in [0.15, 0.2) is 24.3 Å². The van der Waals surface area contributed by atoms with Crippen LogP contribution in [0.1, 0.15) is 18.4 Å². The number of hydrogen-bond donors (Lipinski definition) is 1. The van der Waals surface area contributed by atoms with Crippen LogP contribution in [0.5, 0.6) is 5.75 Å². The minimum absolute atomic E-state index is 0.103. The Morgan fingerprint density at radius 3 is 2.64 bits per heavy atom. The molecule has 1 unspecified atom stereocenters. The zero-order valence-corrected chi connectivity index (χ0v) is 15.5. The minimum Gasteiger partial charge on any atom is -0.491 e. The Kier molecular flexibility index (Phi) is 7.22. The molecular formula is C17H26N2O5S. The molecule has 1 aliphatic rings. The van der Waals surface area contributed by atoms with E-state index in [9.17, 15) is 13.2 Å². The first-order valence-corrected chi connectivity index (χ1v) is 10.2. The van der Waals surface area contributed by atoms with E-state index in [1.807, 2.05) is 24.3 Å². The zero-order valence-electron chi connectivity index (χ0n) is 14.7. The number of amides is 1. The minimum atomic E-state index is -3.24. The molecule has 0 saturated carbocycles. The zero-order chi connectivity index (χ0) is 18.3. The molecular weight excluding hydrogens is 344 g/mol. The van der Waals surface area contributed by atoms with Gasteiger partial charge < -0.3 is 14.8 Å². The molecule has 0 aliphatic carbocycles. The van der Waals surface area contributed by atoms with Gasteiger partial charge in [-0.2, -0.15) is 0 Å². The third kappa shape index (κ3) is 6.30. The standard InChI is InChI=1S/C17H26N2O5S/c1-23-10-11-24-16-7-5-14(6-8-16)12-18-17(20)15-4-3-9-19(13-15)25(2,21)22/h5-8,15H,3-4,9-13H2,1-2H3,(H,18,20). The van der Waals surface area contributed by atoms with Crippen molar-refractivity contribution < 1.29 is 22.7 Å². The summed E-state index contributed by atoms with van der Waals surface area (Å²) in [6, 6.07) is 7.49. The van der Waals surface area contributed by atoms with E-state index >= 15 is 0 Å². The lowest BCUT2D eigenvalue weighted by Crippen LogP contribution is -2.44. The van der Waals surface area contributed by atoms with Gasteiger partial charge >= 0.3 is 0 Å². The molecule has 1 atom stereocenters. The molecule has 1 N–H and O–H groups in total. The summed E-state index contributed by atoms with van der Waals surface area (Å²) in [7, 11) is -1.62. The summed E-state index contributed by atoms with van der Waals surface area (Å²) >= 11 is 0. The highest BCUT2D eigenvalue weighted by Crippen LogP contribution is 2.19. The Labute approximate surface area is 149 Å². The van der Waals surface area contributed by atoms with E-state index < -0.39 is 10.0 Å². The lowest BCUT2D eigenvalue weighted by Gasteiger charge is -2.30. The first-order chi connectivity index (χ1) is 11.9. The molecule has 2 rings (SSSR count). The van der Waals surface area contributed by atoms with E-state index in [-0.39, 0.29) is 18.4 Å². The third-order valence-corrected chi connectivity index (χ3v) is 5.44. The van der Waals surface area contributed by atoms with Crippen LogP contribution in [0, 0.1) is 5.92 Å². The molecule has 1 aromatic rings. The maximum atomic E-state index is 12.3. The van der Waals surface area contributed by atoms with Gasteiger partial charge in [0.1, 0.15) is 12.4 Å². The lowest BCUT2D eigenvalue weighted by molar-refractivity contribution is -0.126. The summed E-state index contributed by atoms with van der Waals surface area (Å²) in [4.78, 5) is 12.3. The number of methoxy groups -OCH3 is 1. The van der Waals surface area contributed by atoms with Crippen LogP contribution in [-0.4, -0.2) is 58.3 Å². The maximum absolute atomic E-state index is 12.3. The molecule has 0 aromatic heterocycles. The second-order valence-corrected chi connectivity index (χ2v) is 8.15. The molecule has 7 nitrogen and oxygen atoms in total. The topological polar surface area (TPSA) is 84.9 Å². The number of ether oxygens (including phenoxy) is 2.